The number of rotatable bonds is 11. The van der Waals surface area contributed by atoms with Gasteiger partial charge in [-0.15, -0.1) is 0 Å². The zero-order chi connectivity index (χ0) is 58.3. The highest BCUT2D eigenvalue weighted by atomic mass is 35.5. The predicted molar refractivity (Wildman–Crippen MR) is 313 cm³/mol. The lowest BCUT2D eigenvalue weighted by Gasteiger charge is -2.23. The third-order valence-corrected chi connectivity index (χ3v) is 15.5. The van der Waals surface area contributed by atoms with Crippen LogP contribution in [0.4, 0.5) is 55.0 Å². The average Bonchev–Trinajstić information content (AvgIpc) is 2.39. The molecule has 4 aromatic carbocycles. The van der Waals surface area contributed by atoms with Gasteiger partial charge in [0.2, 0.25) is 0 Å². The maximum absolute atomic E-state index is 13.5. The Bertz CT molecular complexity index is 4360. The van der Waals surface area contributed by atoms with Crippen molar-refractivity contribution in [3.8, 4) is 22.5 Å². The van der Waals surface area contributed by atoms with Crippen molar-refractivity contribution in [3.63, 3.8) is 0 Å². The minimum atomic E-state index is -4.58. The predicted octanol–water partition coefficient (Wildman–Crippen LogP) is 16.1. The van der Waals surface area contributed by atoms with Crippen molar-refractivity contribution in [2.24, 2.45) is 4.99 Å². The Morgan fingerprint density at radius 3 is 1.70 bits per heavy atom. The molecule has 0 aliphatic carbocycles. The lowest BCUT2D eigenvalue weighted by atomic mass is 9.94. The van der Waals surface area contributed by atoms with Crippen LogP contribution in [0.5, 0.6) is 0 Å². The number of pyridine rings is 4. The van der Waals surface area contributed by atoms with Gasteiger partial charge in [-0.1, -0.05) is 47.5 Å². The molecule has 2 N–H and O–H groups in total. The monoisotopic (exact) mass is 1170 g/mol. The summed E-state index contributed by atoms with van der Waals surface area (Å²) in [5.41, 5.74) is 10.6. The standard InChI is InChI=1S/C33H27ClF3N7O.C29H20ClF3N6/c1-19-7-9-22-21(11-13-39-31(22)43-20-8-10-26(34)25(15-20)33(35,36)37)24(19)16-27-23(5-4-12-38-27)29-30-32(41-17-40-29)44(18-42-30)28-6-2-3-14-45-28;1-16-4-6-19-18(8-11-36-28(19)39-17-5-7-23(30)22(13-17)29(31,32)33)21(16)14-25-20(3-2-10-34-25)26-27-24(9-12-35-27)37-15-38-26/h4-5,7-13,15,17-18,28H,2-3,6,14,16H2,1H3,(H,39,43);2-8,10-13,15H,9,14H2,1H3,(H,36,39). The first kappa shape index (κ1) is 55.5. The number of nitrogens with one attached hydrogen (secondary N) is 2. The number of nitrogens with zero attached hydrogens (tertiary/aromatic N) is 11. The molecule has 7 aromatic heterocycles. The summed E-state index contributed by atoms with van der Waals surface area (Å²) in [4.78, 5) is 45.6. The van der Waals surface area contributed by atoms with Crippen LogP contribution >= 0.6 is 23.2 Å². The topological polar surface area (TPSA) is 167 Å². The number of benzene rings is 4. The molecule has 1 atom stereocenters. The molecule has 1 fully saturated rings. The molecular weight excluding hydrogens is 1130 g/mol. The van der Waals surface area contributed by atoms with Crippen molar-refractivity contribution >= 4 is 90.8 Å². The van der Waals surface area contributed by atoms with Crippen LogP contribution in [0.2, 0.25) is 10.0 Å². The van der Waals surface area contributed by atoms with E-state index in [9.17, 15) is 26.3 Å². The van der Waals surface area contributed by atoms with Crippen LogP contribution in [0.15, 0.2) is 146 Å². The van der Waals surface area contributed by atoms with Crippen LogP contribution < -0.4 is 10.6 Å². The zero-order valence-electron chi connectivity index (χ0n) is 44.7. The Morgan fingerprint density at radius 2 is 1.14 bits per heavy atom. The van der Waals surface area contributed by atoms with E-state index in [0.29, 0.717) is 54.4 Å². The zero-order valence-corrected chi connectivity index (χ0v) is 46.2. The van der Waals surface area contributed by atoms with E-state index in [1.54, 1.807) is 43.8 Å². The number of fused-ring (bicyclic) bond motifs is 4. The molecule has 1 saturated heterocycles. The number of hydrogen-bond donors (Lipinski definition) is 2. The number of aliphatic imine (C=N–C) groups is 1. The van der Waals surface area contributed by atoms with Gasteiger partial charge in [-0.2, -0.15) is 26.3 Å². The molecule has 13 rings (SSSR count). The van der Waals surface area contributed by atoms with E-state index < -0.39 is 23.5 Å². The summed E-state index contributed by atoms with van der Waals surface area (Å²) in [6.07, 6.45) is 8.88. The smallest absolute Gasteiger partial charge is 0.358 e. The Kier molecular flexibility index (Phi) is 15.2. The largest absolute Gasteiger partial charge is 0.417 e. The van der Waals surface area contributed by atoms with Crippen LogP contribution in [-0.4, -0.2) is 62.2 Å². The molecule has 2 aliphatic heterocycles. The highest BCUT2D eigenvalue weighted by molar-refractivity contribution is 6.32. The molecule has 11 aromatic rings. The fourth-order valence-electron chi connectivity index (χ4n) is 10.7. The first-order valence-corrected chi connectivity index (χ1v) is 27.4. The quantitative estimate of drug-likeness (QED) is 0.118. The summed E-state index contributed by atoms with van der Waals surface area (Å²) in [6.45, 7) is 4.75. The van der Waals surface area contributed by atoms with Gasteiger partial charge in [0, 0.05) is 90.1 Å². The van der Waals surface area contributed by atoms with Crippen LogP contribution in [-0.2, 0) is 36.4 Å². The van der Waals surface area contributed by atoms with Gasteiger partial charge in [0.1, 0.15) is 53.1 Å². The van der Waals surface area contributed by atoms with Gasteiger partial charge < -0.3 is 15.4 Å². The molecule has 422 valence electrons. The van der Waals surface area contributed by atoms with Gasteiger partial charge in [-0.3, -0.25) is 19.5 Å². The van der Waals surface area contributed by atoms with Crippen molar-refractivity contribution < 1.29 is 31.1 Å². The van der Waals surface area contributed by atoms with Crippen LogP contribution in [0.1, 0.15) is 76.0 Å². The SMILES string of the molecule is Cc1ccc2c(Nc3ccc(Cl)c(C(F)(F)F)c3)nccc2c1Cc1ncccc1-c1ncnc2c1N=CC2.Cc1ccc2c(Nc3ccc(Cl)c(C(F)(F)F)c3)nccc2c1Cc1ncccc1-c1ncnc2c1ncn2C1CCCCO1. The normalized spacial score (nSPS) is 14.2. The second-order valence-electron chi connectivity index (χ2n) is 20.1. The van der Waals surface area contributed by atoms with Gasteiger partial charge >= 0.3 is 12.4 Å². The summed E-state index contributed by atoms with van der Waals surface area (Å²) in [5, 5.41) is 8.73. The van der Waals surface area contributed by atoms with Crippen molar-refractivity contribution in [2.75, 3.05) is 17.2 Å². The summed E-state index contributed by atoms with van der Waals surface area (Å²) in [6, 6.07) is 26.7. The molecule has 1 unspecified atom stereocenters. The summed E-state index contributed by atoms with van der Waals surface area (Å²) in [7, 11) is 0. The van der Waals surface area contributed by atoms with Crippen LogP contribution in [0, 0.1) is 13.8 Å². The number of hydrogen-bond acceptors (Lipinski definition) is 13. The minimum Gasteiger partial charge on any atom is -0.358 e. The average molecular weight is 1180 g/mol. The highest BCUT2D eigenvalue weighted by Gasteiger charge is 2.35. The van der Waals surface area contributed by atoms with Crippen molar-refractivity contribution in [1.82, 2.24) is 49.4 Å². The van der Waals surface area contributed by atoms with E-state index in [1.165, 1.54) is 24.3 Å². The molecular formula is C62H47Cl2F6N13O. The number of anilines is 4. The van der Waals surface area contributed by atoms with E-state index >= 15 is 0 Å². The third kappa shape index (κ3) is 11.2. The molecule has 0 amide bonds. The third-order valence-electron chi connectivity index (χ3n) is 14.9. The van der Waals surface area contributed by atoms with Gasteiger partial charge in [-0.25, -0.2) is 34.9 Å². The second kappa shape index (κ2) is 23.0. The maximum atomic E-state index is 13.5. The Labute approximate surface area is 486 Å². The highest BCUT2D eigenvalue weighted by Crippen LogP contribution is 2.42. The fraction of sp³-hybridized carbons (Fsp3) is 0.194. The lowest BCUT2D eigenvalue weighted by Crippen LogP contribution is -2.17. The second-order valence-corrected chi connectivity index (χ2v) is 20.9. The van der Waals surface area contributed by atoms with E-state index in [0.717, 1.165) is 115 Å². The molecule has 14 nitrogen and oxygen atoms in total. The molecule has 0 radical (unpaired) electrons. The number of alkyl halides is 6. The van der Waals surface area contributed by atoms with Crippen molar-refractivity contribution in [3.05, 3.63) is 201 Å². The Hall–Kier alpha value is -8.98. The number of imidazole rings is 1. The van der Waals surface area contributed by atoms with E-state index in [4.69, 9.17) is 42.9 Å². The molecule has 0 spiro atoms. The summed E-state index contributed by atoms with van der Waals surface area (Å²) in [5.74, 6) is 0.867. The van der Waals surface area contributed by atoms with Gasteiger partial charge in [0.15, 0.2) is 5.65 Å². The number of aromatic nitrogens is 10. The van der Waals surface area contributed by atoms with E-state index in [-0.39, 0.29) is 27.6 Å². The molecule has 9 heterocycles. The molecule has 22 heteroatoms. The minimum absolute atomic E-state index is 0.109. The van der Waals surface area contributed by atoms with Crippen molar-refractivity contribution in [2.45, 2.75) is 71.0 Å². The Balaban J connectivity index is 0.000000167. The van der Waals surface area contributed by atoms with E-state index in [1.807, 2.05) is 85.3 Å². The maximum Gasteiger partial charge on any atom is 0.417 e. The molecule has 0 saturated carbocycles. The first-order valence-electron chi connectivity index (χ1n) is 26.6. The number of aryl methyl sites for hydroxylation is 2. The van der Waals surface area contributed by atoms with E-state index in [2.05, 4.69) is 45.5 Å². The first-order chi connectivity index (χ1) is 40.6. The van der Waals surface area contributed by atoms with Gasteiger partial charge in [0.25, 0.3) is 0 Å². The van der Waals surface area contributed by atoms with Gasteiger partial charge in [-0.05, 0) is 139 Å². The molecule has 84 heavy (non-hydrogen) atoms. The summed E-state index contributed by atoms with van der Waals surface area (Å²) < 4.78 is 88.7. The Morgan fingerprint density at radius 1 is 0.583 bits per heavy atom. The molecule has 2 aliphatic rings. The molecule has 0 bridgehead atoms. The van der Waals surface area contributed by atoms with Crippen molar-refractivity contribution in [1.29, 1.82) is 0 Å². The summed E-state index contributed by atoms with van der Waals surface area (Å²) >= 11 is 11.6. The number of ether oxygens (including phenoxy) is 1. The lowest BCUT2D eigenvalue weighted by molar-refractivity contribution is -0.138. The fourth-order valence-corrected chi connectivity index (χ4v) is 11.1. The number of halogens is 8. The van der Waals surface area contributed by atoms with Gasteiger partial charge in [0.05, 0.1) is 44.6 Å². The van der Waals surface area contributed by atoms with Crippen LogP contribution in [0.3, 0.4) is 0 Å². The van der Waals surface area contributed by atoms with Crippen LogP contribution in [0.25, 0.3) is 55.2 Å².